The lowest BCUT2D eigenvalue weighted by Gasteiger charge is -2.44. The van der Waals surface area contributed by atoms with Crippen molar-refractivity contribution in [3.8, 4) is 0 Å². The highest BCUT2D eigenvalue weighted by molar-refractivity contribution is 9.10. The molecule has 172 valence electrons. The lowest BCUT2D eigenvalue weighted by atomic mass is 9.95. The molecule has 1 aromatic rings. The number of methoxy groups -OCH3 is 1. The van der Waals surface area contributed by atoms with Gasteiger partial charge in [-0.25, -0.2) is 0 Å². The quantitative estimate of drug-likeness (QED) is 0.314. The van der Waals surface area contributed by atoms with Gasteiger partial charge >= 0.3 is 0 Å². The molecule has 0 aliphatic rings. The fourth-order valence-corrected chi connectivity index (χ4v) is 10.3. The molecule has 0 fully saturated rings. The molecule has 0 bridgehead atoms. The van der Waals surface area contributed by atoms with Crippen LogP contribution in [0.15, 0.2) is 22.7 Å². The van der Waals surface area contributed by atoms with Crippen molar-refractivity contribution in [2.24, 2.45) is 5.41 Å². The molecule has 2 N–H and O–H groups in total. The number of carbonyl (C=O) groups is 1. The summed E-state index contributed by atoms with van der Waals surface area (Å²) in [6.07, 6.45) is 0. The molecule has 1 aromatic carbocycles. The van der Waals surface area contributed by atoms with Crippen LogP contribution in [0, 0.1) is 5.41 Å². The van der Waals surface area contributed by atoms with E-state index < -0.39 is 8.32 Å². The van der Waals surface area contributed by atoms with Gasteiger partial charge in [0, 0.05) is 30.1 Å². The Morgan fingerprint density at radius 3 is 2.13 bits per heavy atom. The average molecular weight is 502 g/mol. The minimum absolute atomic E-state index is 0.0289. The lowest BCUT2D eigenvalue weighted by Crippen LogP contribution is -2.50. The third kappa shape index (κ3) is 7.36. The Bertz CT molecular complexity index is 671. The highest BCUT2D eigenvalue weighted by Gasteiger charge is 2.45. The SMILES string of the molecule is COCC(=O)Nc1ccc(Br)cc1NCC(C)(C)CO[Si](C(C)C)(C(C)C)C(C)C. The number of anilines is 2. The van der Waals surface area contributed by atoms with Crippen LogP contribution in [0.3, 0.4) is 0 Å². The number of amides is 1. The standard InChI is InChI=1S/C23H41BrN2O3Si/c1-16(2)30(17(3)4,18(5)6)29-15-23(7,8)14-25-21-12-19(24)10-11-20(21)26-22(27)13-28-9/h10-12,16-18,25H,13-15H2,1-9H3,(H,26,27). The third-order valence-electron chi connectivity index (χ3n) is 5.71. The van der Waals surface area contributed by atoms with E-state index in [1.54, 1.807) is 0 Å². The van der Waals surface area contributed by atoms with Gasteiger partial charge in [0.05, 0.1) is 11.4 Å². The minimum Gasteiger partial charge on any atom is -0.415 e. The summed E-state index contributed by atoms with van der Waals surface area (Å²) in [4.78, 5) is 12.0. The van der Waals surface area contributed by atoms with Crippen molar-refractivity contribution >= 4 is 41.5 Å². The number of benzene rings is 1. The van der Waals surface area contributed by atoms with Crippen LogP contribution in [0.2, 0.25) is 16.6 Å². The summed E-state index contributed by atoms with van der Waals surface area (Å²) in [7, 11) is -0.391. The monoisotopic (exact) mass is 500 g/mol. The number of nitrogens with one attached hydrogen (secondary N) is 2. The van der Waals surface area contributed by atoms with E-state index in [2.05, 4.69) is 82.0 Å². The summed E-state index contributed by atoms with van der Waals surface area (Å²) in [5.74, 6) is -0.174. The van der Waals surface area contributed by atoms with Gasteiger partial charge in [0.25, 0.3) is 0 Å². The largest absolute Gasteiger partial charge is 0.415 e. The van der Waals surface area contributed by atoms with Crippen LogP contribution in [-0.4, -0.2) is 41.1 Å². The number of halogens is 1. The molecule has 7 heteroatoms. The number of hydrogen-bond donors (Lipinski definition) is 2. The van der Waals surface area contributed by atoms with E-state index >= 15 is 0 Å². The molecule has 1 rings (SSSR count). The lowest BCUT2D eigenvalue weighted by molar-refractivity contribution is -0.119. The second-order valence-electron chi connectivity index (χ2n) is 9.80. The Hall–Kier alpha value is -0.893. The normalized spacial score (nSPS) is 12.7. The molecule has 0 unspecified atom stereocenters. The Kier molecular flexibility index (Phi) is 10.5. The van der Waals surface area contributed by atoms with Crippen LogP contribution in [0.1, 0.15) is 55.4 Å². The molecule has 0 atom stereocenters. The molecule has 30 heavy (non-hydrogen) atoms. The van der Waals surface area contributed by atoms with Crippen LogP contribution in [0.25, 0.3) is 0 Å². The van der Waals surface area contributed by atoms with Gasteiger partial charge in [-0.1, -0.05) is 71.3 Å². The summed E-state index contributed by atoms with van der Waals surface area (Å²) >= 11 is 3.52. The molecule has 0 aromatic heterocycles. The zero-order valence-electron chi connectivity index (χ0n) is 20.2. The summed E-state index contributed by atoms with van der Waals surface area (Å²) in [5, 5.41) is 6.42. The highest BCUT2D eigenvalue weighted by atomic mass is 79.9. The van der Waals surface area contributed by atoms with Gasteiger partial charge < -0.3 is 19.8 Å². The van der Waals surface area contributed by atoms with Crippen molar-refractivity contribution in [3.05, 3.63) is 22.7 Å². The zero-order chi connectivity index (χ0) is 23.1. The molecule has 0 heterocycles. The van der Waals surface area contributed by atoms with Crippen molar-refractivity contribution in [2.45, 2.75) is 72.0 Å². The van der Waals surface area contributed by atoms with Crippen LogP contribution >= 0.6 is 15.9 Å². The Labute approximate surface area is 192 Å². The Morgan fingerprint density at radius 1 is 1.07 bits per heavy atom. The van der Waals surface area contributed by atoms with Crippen LogP contribution in [-0.2, 0) is 14.0 Å². The van der Waals surface area contributed by atoms with Crippen molar-refractivity contribution in [1.29, 1.82) is 0 Å². The molecule has 5 nitrogen and oxygen atoms in total. The van der Waals surface area contributed by atoms with Gasteiger partial charge in [-0.2, -0.15) is 0 Å². The highest BCUT2D eigenvalue weighted by Crippen LogP contribution is 2.43. The van der Waals surface area contributed by atoms with Gasteiger partial charge in [0.2, 0.25) is 5.91 Å². The van der Waals surface area contributed by atoms with E-state index in [0.717, 1.165) is 22.4 Å². The summed E-state index contributed by atoms with van der Waals surface area (Å²) in [6.45, 7) is 19.8. The maximum Gasteiger partial charge on any atom is 0.250 e. The van der Waals surface area contributed by atoms with Crippen LogP contribution in [0.5, 0.6) is 0 Å². The van der Waals surface area contributed by atoms with Crippen molar-refractivity contribution in [3.63, 3.8) is 0 Å². The maximum atomic E-state index is 12.0. The van der Waals surface area contributed by atoms with Gasteiger partial charge in [-0.3, -0.25) is 4.79 Å². The fraction of sp³-hybridized carbons (Fsp3) is 0.696. The molecule has 1 amide bonds. The molecule has 0 saturated heterocycles. The average Bonchev–Trinajstić information content (AvgIpc) is 2.61. The van der Waals surface area contributed by atoms with Crippen LogP contribution < -0.4 is 10.6 Å². The first-order valence-electron chi connectivity index (χ1n) is 10.8. The van der Waals surface area contributed by atoms with Crippen molar-refractivity contribution in [1.82, 2.24) is 0 Å². The first kappa shape index (κ1) is 27.1. The topological polar surface area (TPSA) is 59.6 Å². The summed E-state index contributed by atoms with van der Waals surface area (Å²) in [6, 6.07) is 5.78. The first-order valence-corrected chi connectivity index (χ1v) is 13.7. The molecule has 0 aliphatic carbocycles. The summed E-state index contributed by atoms with van der Waals surface area (Å²) in [5.41, 5.74) is 3.25. The smallest absolute Gasteiger partial charge is 0.250 e. The Balaban J connectivity index is 2.90. The molecular weight excluding hydrogens is 460 g/mol. The van der Waals surface area contributed by atoms with E-state index in [9.17, 15) is 4.79 Å². The molecule has 0 radical (unpaired) electrons. The van der Waals surface area contributed by atoms with E-state index in [4.69, 9.17) is 9.16 Å². The predicted octanol–water partition coefficient (Wildman–Crippen LogP) is 6.66. The fourth-order valence-electron chi connectivity index (χ4n) is 4.30. The number of hydrogen-bond acceptors (Lipinski definition) is 4. The van der Waals surface area contributed by atoms with Crippen LogP contribution in [0.4, 0.5) is 11.4 Å². The van der Waals surface area contributed by atoms with E-state index in [1.807, 2.05) is 18.2 Å². The summed E-state index contributed by atoms with van der Waals surface area (Å²) < 4.78 is 12.7. The Morgan fingerprint density at radius 2 is 1.63 bits per heavy atom. The molecule has 0 saturated carbocycles. The van der Waals surface area contributed by atoms with E-state index in [-0.39, 0.29) is 17.9 Å². The van der Waals surface area contributed by atoms with Gasteiger partial charge in [0.1, 0.15) is 6.61 Å². The molecule has 0 aliphatic heterocycles. The van der Waals surface area contributed by atoms with E-state index in [1.165, 1.54) is 7.11 Å². The van der Waals surface area contributed by atoms with Gasteiger partial charge in [-0.05, 0) is 34.8 Å². The van der Waals surface area contributed by atoms with Crippen molar-refractivity contribution in [2.75, 3.05) is 37.5 Å². The van der Waals surface area contributed by atoms with E-state index in [0.29, 0.717) is 23.2 Å². The second-order valence-corrected chi connectivity index (χ2v) is 16.2. The zero-order valence-corrected chi connectivity index (χ0v) is 22.8. The predicted molar refractivity (Wildman–Crippen MR) is 134 cm³/mol. The molecular formula is C23H41BrN2O3Si. The second kappa shape index (κ2) is 11.6. The first-order chi connectivity index (χ1) is 13.9. The van der Waals surface area contributed by atoms with Crippen molar-refractivity contribution < 1.29 is 14.0 Å². The number of rotatable bonds is 12. The number of ether oxygens (including phenoxy) is 1. The number of carbonyl (C=O) groups excluding carboxylic acids is 1. The third-order valence-corrected chi connectivity index (χ3v) is 12.3. The molecule has 0 spiro atoms. The van der Waals surface area contributed by atoms with Gasteiger partial charge in [-0.15, -0.1) is 0 Å². The maximum absolute atomic E-state index is 12.0. The minimum atomic E-state index is -1.90. The van der Waals surface area contributed by atoms with Gasteiger partial charge in [0.15, 0.2) is 8.32 Å².